The average Bonchev–Trinajstić information content (AvgIpc) is 2.80. The first-order chi connectivity index (χ1) is 19.4. The molecular formula is C22H32N2O18. The van der Waals surface area contributed by atoms with Crippen molar-refractivity contribution in [3.05, 3.63) is 0 Å². The second-order valence-corrected chi connectivity index (χ2v) is 8.78. The number of carboxylic acid groups (broad SMARTS) is 8. The van der Waals surface area contributed by atoms with Crippen molar-refractivity contribution in [3.8, 4) is 0 Å². The van der Waals surface area contributed by atoms with Gasteiger partial charge in [-0.25, -0.2) is 9.59 Å². The van der Waals surface area contributed by atoms with Gasteiger partial charge in [-0.3, -0.25) is 38.6 Å². The fourth-order valence-electron chi connectivity index (χ4n) is 4.08. The van der Waals surface area contributed by atoms with Crippen LogP contribution in [0.5, 0.6) is 0 Å². The number of hydrogen-bond acceptors (Lipinski definition) is 12. The number of carboxylic acids is 8. The summed E-state index contributed by atoms with van der Waals surface area (Å²) >= 11 is 0. The summed E-state index contributed by atoms with van der Waals surface area (Å²) in [5.74, 6) is -12.6. The van der Waals surface area contributed by atoms with Crippen LogP contribution < -0.4 is 0 Å². The molecule has 0 aliphatic heterocycles. The Morgan fingerprint density at radius 2 is 0.690 bits per heavy atom. The molecule has 0 aromatic rings. The molecule has 0 radical (unpaired) electrons. The van der Waals surface area contributed by atoms with E-state index in [1.807, 2.05) is 0 Å². The SMILES string of the molecule is O=C(O)COC(CCC(OCC(=O)O)C(CC(=O)O)N(CC(=O)O)CC(=O)O)C(CC(=O)O)N(CC(=O)O)CC(=O)O. The van der Waals surface area contributed by atoms with Crippen molar-refractivity contribution in [3.63, 3.8) is 0 Å². The number of carbonyl (C=O) groups is 8. The van der Waals surface area contributed by atoms with Crippen LogP contribution >= 0.6 is 0 Å². The molecule has 0 fully saturated rings. The highest BCUT2D eigenvalue weighted by Crippen LogP contribution is 2.23. The Hall–Kier alpha value is -4.40. The van der Waals surface area contributed by atoms with E-state index in [2.05, 4.69) is 0 Å². The predicted octanol–water partition coefficient (Wildman–Crippen LogP) is -2.66. The quantitative estimate of drug-likeness (QED) is 0.0521. The molecule has 20 nitrogen and oxygen atoms in total. The molecule has 8 N–H and O–H groups in total. The number of nitrogens with zero attached hydrogens (tertiary/aromatic N) is 2. The third-order valence-corrected chi connectivity index (χ3v) is 5.49. The van der Waals surface area contributed by atoms with Crippen LogP contribution in [-0.4, -0.2) is 162 Å². The first-order valence-corrected chi connectivity index (χ1v) is 11.9. The molecule has 0 saturated carbocycles. The predicted molar refractivity (Wildman–Crippen MR) is 130 cm³/mol. The second-order valence-electron chi connectivity index (χ2n) is 8.78. The van der Waals surface area contributed by atoms with Crippen LogP contribution in [0.15, 0.2) is 0 Å². The molecule has 0 aliphatic rings. The molecule has 4 atom stereocenters. The van der Waals surface area contributed by atoms with Gasteiger partial charge < -0.3 is 50.3 Å². The van der Waals surface area contributed by atoms with Gasteiger partial charge in [0.15, 0.2) is 0 Å². The van der Waals surface area contributed by atoms with Crippen LogP contribution in [0.2, 0.25) is 0 Å². The maximum Gasteiger partial charge on any atom is 0.329 e. The Kier molecular flexibility index (Phi) is 16.9. The van der Waals surface area contributed by atoms with Crippen LogP contribution in [0.4, 0.5) is 0 Å². The zero-order chi connectivity index (χ0) is 32.6. The molecule has 0 bridgehead atoms. The van der Waals surface area contributed by atoms with Crippen molar-refractivity contribution >= 4 is 47.8 Å². The minimum Gasteiger partial charge on any atom is -0.481 e. The lowest BCUT2D eigenvalue weighted by Gasteiger charge is -2.37. The highest BCUT2D eigenvalue weighted by molar-refractivity contribution is 5.74. The number of rotatable bonds is 25. The number of ether oxygens (including phenoxy) is 2. The van der Waals surface area contributed by atoms with Crippen LogP contribution in [0.1, 0.15) is 25.7 Å². The van der Waals surface area contributed by atoms with Gasteiger partial charge in [0, 0.05) is 12.1 Å². The Balaban J connectivity index is 6.68. The summed E-state index contributed by atoms with van der Waals surface area (Å²) in [5, 5.41) is 73.9. The van der Waals surface area contributed by atoms with Crippen molar-refractivity contribution < 1.29 is 88.7 Å². The lowest BCUT2D eigenvalue weighted by Crippen LogP contribution is -2.52. The summed E-state index contributed by atoms with van der Waals surface area (Å²) < 4.78 is 10.5. The summed E-state index contributed by atoms with van der Waals surface area (Å²) in [7, 11) is 0. The normalized spacial score (nSPS) is 14.0. The number of aliphatic carboxylic acids is 8. The topological polar surface area (TPSA) is 323 Å². The van der Waals surface area contributed by atoms with Crippen molar-refractivity contribution in [1.82, 2.24) is 9.80 Å². The van der Waals surface area contributed by atoms with Crippen molar-refractivity contribution in [2.75, 3.05) is 39.4 Å². The fraction of sp³-hybridized carbons (Fsp3) is 0.636. The largest absolute Gasteiger partial charge is 0.481 e. The average molecular weight is 612 g/mol. The van der Waals surface area contributed by atoms with E-state index in [0.29, 0.717) is 9.80 Å². The Morgan fingerprint density at radius 3 is 0.881 bits per heavy atom. The van der Waals surface area contributed by atoms with E-state index in [0.717, 1.165) is 0 Å². The molecular weight excluding hydrogens is 580 g/mol. The van der Waals surface area contributed by atoms with E-state index in [9.17, 15) is 69.0 Å². The van der Waals surface area contributed by atoms with Gasteiger partial charge in [-0.15, -0.1) is 0 Å². The van der Waals surface area contributed by atoms with E-state index >= 15 is 0 Å². The van der Waals surface area contributed by atoms with Gasteiger partial charge in [-0.1, -0.05) is 0 Å². The summed E-state index contributed by atoms with van der Waals surface area (Å²) in [6.07, 6.45) is -6.18. The fourth-order valence-corrected chi connectivity index (χ4v) is 4.08. The van der Waals surface area contributed by atoms with E-state index < -0.39 is 137 Å². The van der Waals surface area contributed by atoms with E-state index in [4.69, 9.17) is 19.7 Å². The molecule has 20 heteroatoms. The molecule has 0 spiro atoms. The molecule has 42 heavy (non-hydrogen) atoms. The van der Waals surface area contributed by atoms with E-state index in [-0.39, 0.29) is 0 Å². The Morgan fingerprint density at radius 1 is 0.429 bits per heavy atom. The van der Waals surface area contributed by atoms with Gasteiger partial charge in [-0.05, 0) is 12.8 Å². The molecule has 0 saturated heterocycles. The monoisotopic (exact) mass is 612 g/mol. The summed E-state index contributed by atoms with van der Waals surface area (Å²) in [4.78, 5) is 92.5. The summed E-state index contributed by atoms with van der Waals surface area (Å²) in [6, 6.07) is -3.22. The Bertz CT molecular complexity index is 890. The first kappa shape index (κ1) is 37.6. The smallest absolute Gasteiger partial charge is 0.329 e. The molecule has 0 amide bonds. The van der Waals surface area contributed by atoms with Gasteiger partial charge in [0.25, 0.3) is 0 Å². The molecule has 4 unspecified atom stereocenters. The van der Waals surface area contributed by atoms with Crippen LogP contribution in [0.3, 0.4) is 0 Å². The lowest BCUT2D eigenvalue weighted by atomic mass is 9.94. The molecule has 0 aromatic carbocycles. The summed E-state index contributed by atoms with van der Waals surface area (Å²) in [6.45, 7) is -6.27. The van der Waals surface area contributed by atoms with E-state index in [1.165, 1.54) is 0 Å². The zero-order valence-electron chi connectivity index (χ0n) is 21.9. The zero-order valence-corrected chi connectivity index (χ0v) is 21.9. The van der Waals surface area contributed by atoms with Gasteiger partial charge >= 0.3 is 47.8 Å². The molecule has 0 heterocycles. The van der Waals surface area contributed by atoms with E-state index in [1.54, 1.807) is 0 Å². The molecule has 238 valence electrons. The van der Waals surface area contributed by atoms with Gasteiger partial charge in [0.1, 0.15) is 13.2 Å². The second kappa shape index (κ2) is 18.9. The third kappa shape index (κ3) is 16.6. The van der Waals surface area contributed by atoms with Crippen molar-refractivity contribution in [1.29, 1.82) is 0 Å². The van der Waals surface area contributed by atoms with Crippen LogP contribution in [-0.2, 0) is 47.8 Å². The lowest BCUT2D eigenvalue weighted by molar-refractivity contribution is -0.156. The van der Waals surface area contributed by atoms with Gasteiger partial charge in [0.2, 0.25) is 0 Å². The van der Waals surface area contributed by atoms with Crippen molar-refractivity contribution in [2.45, 2.75) is 50.0 Å². The van der Waals surface area contributed by atoms with Crippen LogP contribution in [0.25, 0.3) is 0 Å². The standard InChI is InChI=1S/C22H32N2O18/c25-15(26)3-11(23(5-17(29)30)6-18(31)32)13(41-9-21(37)38)1-2-14(42-10-22(39)40)12(4-16(27)28)24(7-19(33)34)8-20(35)36/h11-14H,1-10H2,(H,25,26)(H,27,28)(H,29,30)(H,31,32)(H,33,34)(H,35,36)(H,37,38)(H,39,40). The highest BCUT2D eigenvalue weighted by atomic mass is 16.5. The van der Waals surface area contributed by atoms with Gasteiger partial charge in [0.05, 0.1) is 51.2 Å². The maximum atomic E-state index is 11.6. The highest BCUT2D eigenvalue weighted by Gasteiger charge is 2.37. The Labute approximate surface area is 236 Å². The molecule has 0 aliphatic carbocycles. The molecule has 0 aromatic heterocycles. The number of hydrogen-bond donors (Lipinski definition) is 8. The minimum atomic E-state index is -1.61. The van der Waals surface area contributed by atoms with Crippen molar-refractivity contribution in [2.24, 2.45) is 0 Å². The summed E-state index contributed by atoms with van der Waals surface area (Å²) in [5.41, 5.74) is 0. The van der Waals surface area contributed by atoms with Gasteiger partial charge in [-0.2, -0.15) is 0 Å². The first-order valence-electron chi connectivity index (χ1n) is 11.9. The van der Waals surface area contributed by atoms with Crippen LogP contribution in [0, 0.1) is 0 Å². The maximum absolute atomic E-state index is 11.6. The minimum absolute atomic E-state index is 0.532. The molecule has 0 rings (SSSR count). The third-order valence-electron chi connectivity index (χ3n) is 5.49.